The zero-order chi connectivity index (χ0) is 13.7. The second kappa shape index (κ2) is 5.55. The minimum absolute atomic E-state index is 0.249. The summed E-state index contributed by atoms with van der Waals surface area (Å²) in [6.45, 7) is 0.486. The van der Waals surface area contributed by atoms with Crippen LogP contribution in [0, 0.1) is 0 Å². The van der Waals surface area contributed by atoms with E-state index in [4.69, 9.17) is 0 Å². The Morgan fingerprint density at radius 1 is 1.05 bits per heavy atom. The van der Waals surface area contributed by atoms with E-state index in [1.807, 2.05) is 0 Å². The SMILES string of the molecule is FC(F)(F)Oc1ccc(NCc2cncnc2)cc1. The Hall–Kier alpha value is -2.31. The predicted molar refractivity (Wildman–Crippen MR) is 62.5 cm³/mol. The molecule has 19 heavy (non-hydrogen) atoms. The van der Waals surface area contributed by atoms with E-state index in [2.05, 4.69) is 20.0 Å². The van der Waals surface area contributed by atoms with Crippen molar-refractivity contribution in [3.8, 4) is 5.75 Å². The first-order valence-corrected chi connectivity index (χ1v) is 5.36. The van der Waals surface area contributed by atoms with Crippen LogP contribution in [0.5, 0.6) is 5.75 Å². The molecule has 2 rings (SSSR count). The minimum atomic E-state index is -4.67. The molecule has 100 valence electrons. The Kier molecular flexibility index (Phi) is 3.84. The van der Waals surface area contributed by atoms with Gasteiger partial charge in [-0.1, -0.05) is 0 Å². The molecule has 2 aromatic rings. The number of nitrogens with one attached hydrogen (secondary N) is 1. The van der Waals surface area contributed by atoms with E-state index in [0.717, 1.165) is 5.56 Å². The number of ether oxygens (including phenoxy) is 1. The molecule has 0 spiro atoms. The van der Waals surface area contributed by atoms with Crippen molar-refractivity contribution in [2.24, 2.45) is 0 Å². The maximum atomic E-state index is 12.0. The average Bonchev–Trinajstić information content (AvgIpc) is 2.37. The quantitative estimate of drug-likeness (QED) is 0.926. The first-order chi connectivity index (χ1) is 9.03. The fraction of sp³-hybridized carbons (Fsp3) is 0.167. The summed E-state index contributed by atoms with van der Waals surface area (Å²) in [6, 6.07) is 5.50. The van der Waals surface area contributed by atoms with Crippen molar-refractivity contribution in [3.05, 3.63) is 48.5 Å². The second-order valence-corrected chi connectivity index (χ2v) is 3.67. The number of hydrogen-bond donors (Lipinski definition) is 1. The lowest BCUT2D eigenvalue weighted by molar-refractivity contribution is -0.274. The van der Waals surface area contributed by atoms with Gasteiger partial charge in [0, 0.05) is 30.2 Å². The van der Waals surface area contributed by atoms with Crippen LogP contribution in [-0.4, -0.2) is 16.3 Å². The molecule has 7 heteroatoms. The van der Waals surface area contributed by atoms with Gasteiger partial charge in [0.15, 0.2) is 0 Å². The number of anilines is 1. The molecule has 0 fully saturated rings. The van der Waals surface area contributed by atoms with Gasteiger partial charge >= 0.3 is 6.36 Å². The van der Waals surface area contributed by atoms with Gasteiger partial charge in [0.2, 0.25) is 0 Å². The van der Waals surface area contributed by atoms with Gasteiger partial charge in [0.1, 0.15) is 12.1 Å². The Balaban J connectivity index is 1.92. The number of nitrogens with zero attached hydrogens (tertiary/aromatic N) is 2. The van der Waals surface area contributed by atoms with Gasteiger partial charge in [0.05, 0.1) is 0 Å². The topological polar surface area (TPSA) is 47.0 Å². The summed E-state index contributed by atoms with van der Waals surface area (Å²) in [6.07, 6.45) is 0.0609. The van der Waals surface area contributed by atoms with Crippen LogP contribution in [-0.2, 0) is 6.54 Å². The third-order valence-corrected chi connectivity index (χ3v) is 2.20. The summed E-state index contributed by atoms with van der Waals surface area (Å²) in [5.41, 5.74) is 1.55. The number of hydrogen-bond acceptors (Lipinski definition) is 4. The zero-order valence-corrected chi connectivity index (χ0v) is 9.69. The average molecular weight is 269 g/mol. The summed E-state index contributed by atoms with van der Waals surface area (Å²) < 4.78 is 39.7. The van der Waals surface area contributed by atoms with Crippen molar-refractivity contribution >= 4 is 5.69 Å². The highest BCUT2D eigenvalue weighted by atomic mass is 19.4. The van der Waals surface area contributed by atoms with Crippen molar-refractivity contribution < 1.29 is 17.9 Å². The van der Waals surface area contributed by atoms with Crippen LogP contribution in [0.15, 0.2) is 43.0 Å². The highest BCUT2D eigenvalue weighted by Gasteiger charge is 2.30. The molecular formula is C12H10F3N3O. The first-order valence-electron chi connectivity index (χ1n) is 5.36. The van der Waals surface area contributed by atoms with Crippen LogP contribution in [0.2, 0.25) is 0 Å². The zero-order valence-electron chi connectivity index (χ0n) is 9.69. The fourth-order valence-electron chi connectivity index (χ4n) is 1.40. The van der Waals surface area contributed by atoms with Gasteiger partial charge in [-0.2, -0.15) is 0 Å². The van der Waals surface area contributed by atoms with Gasteiger partial charge in [-0.25, -0.2) is 9.97 Å². The van der Waals surface area contributed by atoms with E-state index in [-0.39, 0.29) is 5.75 Å². The molecule has 0 amide bonds. The highest BCUT2D eigenvalue weighted by molar-refractivity contribution is 5.46. The Labute approximate surface area is 107 Å². The summed E-state index contributed by atoms with van der Waals surface area (Å²) in [5.74, 6) is -0.249. The van der Waals surface area contributed by atoms with Gasteiger partial charge < -0.3 is 10.1 Å². The summed E-state index contributed by atoms with van der Waals surface area (Å²) in [5, 5.41) is 3.03. The molecule has 0 saturated carbocycles. The number of aromatic nitrogens is 2. The molecule has 0 aliphatic heterocycles. The maximum absolute atomic E-state index is 12.0. The molecule has 0 saturated heterocycles. The molecular weight excluding hydrogens is 259 g/mol. The lowest BCUT2D eigenvalue weighted by atomic mass is 10.3. The van der Waals surface area contributed by atoms with Crippen LogP contribution < -0.4 is 10.1 Å². The van der Waals surface area contributed by atoms with E-state index >= 15 is 0 Å². The molecule has 0 radical (unpaired) electrons. The van der Waals surface area contributed by atoms with Crippen LogP contribution >= 0.6 is 0 Å². The Morgan fingerprint density at radius 2 is 1.68 bits per heavy atom. The van der Waals surface area contributed by atoms with Crippen molar-refractivity contribution in [2.45, 2.75) is 12.9 Å². The molecule has 4 nitrogen and oxygen atoms in total. The molecule has 0 bridgehead atoms. The Bertz CT molecular complexity index is 514. The van der Waals surface area contributed by atoms with Crippen LogP contribution in [0.3, 0.4) is 0 Å². The first kappa shape index (κ1) is 13.1. The van der Waals surface area contributed by atoms with E-state index in [0.29, 0.717) is 12.2 Å². The largest absolute Gasteiger partial charge is 0.573 e. The number of benzene rings is 1. The molecule has 1 N–H and O–H groups in total. The van der Waals surface area contributed by atoms with Gasteiger partial charge in [-0.05, 0) is 24.3 Å². The van der Waals surface area contributed by atoms with Crippen molar-refractivity contribution in [1.29, 1.82) is 0 Å². The third kappa shape index (κ3) is 4.46. The minimum Gasteiger partial charge on any atom is -0.406 e. The van der Waals surface area contributed by atoms with Gasteiger partial charge in [-0.3, -0.25) is 0 Å². The van der Waals surface area contributed by atoms with Crippen LogP contribution in [0.4, 0.5) is 18.9 Å². The van der Waals surface area contributed by atoms with E-state index < -0.39 is 6.36 Å². The lowest BCUT2D eigenvalue weighted by Gasteiger charge is -2.10. The standard InChI is InChI=1S/C12H10F3N3O/c13-12(14,15)19-11-3-1-10(2-4-11)18-7-9-5-16-8-17-6-9/h1-6,8,18H,7H2. The van der Waals surface area contributed by atoms with Crippen LogP contribution in [0.1, 0.15) is 5.56 Å². The number of halogens is 3. The molecule has 1 aromatic heterocycles. The fourth-order valence-corrected chi connectivity index (χ4v) is 1.40. The monoisotopic (exact) mass is 269 g/mol. The van der Waals surface area contributed by atoms with E-state index in [1.54, 1.807) is 12.4 Å². The molecule has 0 aliphatic rings. The second-order valence-electron chi connectivity index (χ2n) is 3.67. The molecule has 1 heterocycles. The number of alkyl halides is 3. The predicted octanol–water partition coefficient (Wildman–Crippen LogP) is 2.99. The third-order valence-electron chi connectivity index (χ3n) is 2.20. The van der Waals surface area contributed by atoms with Gasteiger partial charge in [-0.15, -0.1) is 13.2 Å². The smallest absolute Gasteiger partial charge is 0.406 e. The highest BCUT2D eigenvalue weighted by Crippen LogP contribution is 2.24. The maximum Gasteiger partial charge on any atom is 0.573 e. The number of rotatable bonds is 4. The van der Waals surface area contributed by atoms with Crippen molar-refractivity contribution in [2.75, 3.05) is 5.32 Å². The molecule has 0 unspecified atom stereocenters. The molecule has 1 aromatic carbocycles. The van der Waals surface area contributed by atoms with Crippen molar-refractivity contribution in [3.63, 3.8) is 0 Å². The summed E-state index contributed by atoms with van der Waals surface area (Å²) >= 11 is 0. The van der Waals surface area contributed by atoms with Crippen LogP contribution in [0.25, 0.3) is 0 Å². The molecule has 0 aliphatic carbocycles. The summed E-state index contributed by atoms with van der Waals surface area (Å²) in [7, 11) is 0. The Morgan fingerprint density at radius 3 is 2.26 bits per heavy atom. The molecule has 0 atom stereocenters. The van der Waals surface area contributed by atoms with E-state index in [9.17, 15) is 13.2 Å². The lowest BCUT2D eigenvalue weighted by Crippen LogP contribution is -2.17. The summed E-state index contributed by atoms with van der Waals surface area (Å²) in [4.78, 5) is 7.71. The van der Waals surface area contributed by atoms with E-state index in [1.165, 1.54) is 30.6 Å². The normalized spacial score (nSPS) is 11.1. The van der Waals surface area contributed by atoms with Gasteiger partial charge in [0.25, 0.3) is 0 Å². The van der Waals surface area contributed by atoms with Crippen molar-refractivity contribution in [1.82, 2.24) is 9.97 Å².